The van der Waals surface area contributed by atoms with Crippen LogP contribution in [0.2, 0.25) is 0 Å². The summed E-state index contributed by atoms with van der Waals surface area (Å²) in [7, 11) is 0. The lowest BCUT2D eigenvalue weighted by atomic mass is 10.0. The number of rotatable bonds is 4. The highest BCUT2D eigenvalue weighted by atomic mass is 32.1. The van der Waals surface area contributed by atoms with E-state index in [1.807, 2.05) is 13.1 Å². The molecule has 0 atom stereocenters. The molecule has 1 saturated heterocycles. The Morgan fingerprint density at radius 2 is 1.91 bits per heavy atom. The maximum Gasteiger partial charge on any atom is 0.186 e. The molecule has 0 radical (unpaired) electrons. The van der Waals surface area contributed by atoms with Crippen molar-refractivity contribution in [3.8, 4) is 0 Å². The van der Waals surface area contributed by atoms with Gasteiger partial charge in [0, 0.05) is 36.3 Å². The van der Waals surface area contributed by atoms with Gasteiger partial charge in [0.15, 0.2) is 5.11 Å². The Kier molecular flexibility index (Phi) is 5.08. The molecule has 0 saturated carbocycles. The second-order valence-electron chi connectivity index (χ2n) is 5.64. The van der Waals surface area contributed by atoms with E-state index in [-0.39, 0.29) is 0 Å². The molecule has 0 unspecified atom stereocenters. The largest absolute Gasteiger partial charge is 0.371 e. The van der Waals surface area contributed by atoms with Crippen LogP contribution in [0.15, 0.2) is 41.5 Å². The number of anilines is 1. The second kappa shape index (κ2) is 7.42. The van der Waals surface area contributed by atoms with Crippen molar-refractivity contribution >= 4 is 40.0 Å². The fourth-order valence-electron chi connectivity index (χ4n) is 3.01. The van der Waals surface area contributed by atoms with E-state index in [0.29, 0.717) is 5.11 Å². The third kappa shape index (κ3) is 3.62. The summed E-state index contributed by atoms with van der Waals surface area (Å²) in [6.07, 6.45) is 4.40. The highest BCUT2D eigenvalue weighted by Gasteiger charge is 2.15. The number of benzene rings is 2. The molecule has 1 fully saturated rings. The lowest BCUT2D eigenvalue weighted by Crippen LogP contribution is -2.31. The molecule has 3 rings (SSSR count). The van der Waals surface area contributed by atoms with Crippen molar-refractivity contribution in [1.29, 1.82) is 0 Å². The molecule has 2 aromatic carbocycles. The first kappa shape index (κ1) is 15.7. The average Bonchev–Trinajstić information content (AvgIpc) is 3.09. The first-order valence-electron chi connectivity index (χ1n) is 8.13. The van der Waals surface area contributed by atoms with Crippen molar-refractivity contribution in [1.82, 2.24) is 10.7 Å². The fraction of sp³-hybridized carbons (Fsp3) is 0.333. The molecule has 0 aliphatic carbocycles. The molecule has 0 bridgehead atoms. The summed E-state index contributed by atoms with van der Waals surface area (Å²) in [5.41, 5.74) is 5.26. The second-order valence-corrected chi connectivity index (χ2v) is 6.05. The number of fused-ring (bicyclic) bond motifs is 1. The minimum absolute atomic E-state index is 0.543. The molecule has 1 aliphatic heterocycles. The van der Waals surface area contributed by atoms with Gasteiger partial charge in [-0.05, 0) is 43.4 Å². The van der Waals surface area contributed by atoms with Gasteiger partial charge in [-0.3, -0.25) is 5.43 Å². The molecular weight excluding hydrogens is 304 g/mol. The zero-order valence-corrected chi connectivity index (χ0v) is 14.2. The van der Waals surface area contributed by atoms with Gasteiger partial charge in [-0.15, -0.1) is 0 Å². The first-order valence-corrected chi connectivity index (χ1v) is 8.54. The topological polar surface area (TPSA) is 39.7 Å². The monoisotopic (exact) mass is 326 g/mol. The van der Waals surface area contributed by atoms with Crippen LogP contribution in [0, 0.1) is 0 Å². The Morgan fingerprint density at radius 1 is 1.17 bits per heavy atom. The van der Waals surface area contributed by atoms with Crippen LogP contribution in [0.1, 0.15) is 25.3 Å². The molecule has 1 aliphatic rings. The first-order chi connectivity index (χ1) is 11.3. The van der Waals surface area contributed by atoms with Crippen molar-refractivity contribution in [3.05, 3.63) is 42.0 Å². The van der Waals surface area contributed by atoms with Gasteiger partial charge in [0.05, 0.1) is 6.21 Å². The van der Waals surface area contributed by atoms with Gasteiger partial charge in [-0.25, -0.2) is 0 Å². The molecule has 1 heterocycles. The van der Waals surface area contributed by atoms with E-state index in [0.717, 1.165) is 25.2 Å². The maximum absolute atomic E-state index is 5.12. The Balaban J connectivity index is 1.88. The number of nitrogens with one attached hydrogen (secondary N) is 2. The molecular formula is C18H22N4S. The molecule has 2 aromatic rings. The quantitative estimate of drug-likeness (QED) is 0.514. The average molecular weight is 326 g/mol. The van der Waals surface area contributed by atoms with Crippen LogP contribution >= 0.6 is 12.2 Å². The minimum atomic E-state index is 0.543. The molecule has 0 aromatic heterocycles. The van der Waals surface area contributed by atoms with E-state index in [9.17, 15) is 0 Å². The van der Waals surface area contributed by atoms with Crippen LogP contribution in [-0.2, 0) is 0 Å². The summed E-state index contributed by atoms with van der Waals surface area (Å²) in [5.74, 6) is 0. The van der Waals surface area contributed by atoms with Crippen LogP contribution in [-0.4, -0.2) is 31.0 Å². The van der Waals surface area contributed by atoms with Gasteiger partial charge in [0.1, 0.15) is 0 Å². The predicted molar refractivity (Wildman–Crippen MR) is 102 cm³/mol. The Bertz CT molecular complexity index is 720. The van der Waals surface area contributed by atoms with E-state index >= 15 is 0 Å². The zero-order chi connectivity index (χ0) is 16.1. The SMILES string of the molecule is CCNC(=S)N/N=C\c1ccc(N2CCCC2)c2ccccc12. The standard InChI is InChI=1S/C18H22N4S/c1-2-19-18(23)21-20-13-14-9-10-17(22-11-5-6-12-22)16-8-4-3-7-15(14)16/h3-4,7-10,13H,2,5-6,11-12H2,1H3,(H2,19,21,23)/b20-13-. The van der Waals surface area contributed by atoms with Crippen molar-refractivity contribution in [2.45, 2.75) is 19.8 Å². The van der Waals surface area contributed by atoms with Crippen molar-refractivity contribution in [3.63, 3.8) is 0 Å². The Hall–Kier alpha value is -2.14. The zero-order valence-electron chi connectivity index (χ0n) is 13.4. The highest BCUT2D eigenvalue weighted by Crippen LogP contribution is 2.31. The molecule has 4 nitrogen and oxygen atoms in total. The van der Waals surface area contributed by atoms with E-state index in [2.05, 4.69) is 57.1 Å². The molecule has 2 N–H and O–H groups in total. The van der Waals surface area contributed by atoms with Crippen LogP contribution in [0.25, 0.3) is 10.8 Å². The minimum Gasteiger partial charge on any atom is -0.371 e. The molecule has 0 amide bonds. The number of hydrogen-bond donors (Lipinski definition) is 2. The van der Waals surface area contributed by atoms with Gasteiger partial charge >= 0.3 is 0 Å². The van der Waals surface area contributed by atoms with Gasteiger partial charge in [0.2, 0.25) is 0 Å². The van der Waals surface area contributed by atoms with Crippen molar-refractivity contribution in [2.75, 3.05) is 24.5 Å². The lowest BCUT2D eigenvalue weighted by molar-refractivity contribution is 0.904. The summed E-state index contributed by atoms with van der Waals surface area (Å²) < 4.78 is 0. The Morgan fingerprint density at radius 3 is 2.65 bits per heavy atom. The van der Waals surface area contributed by atoms with Crippen molar-refractivity contribution in [2.24, 2.45) is 5.10 Å². The molecule has 5 heteroatoms. The summed E-state index contributed by atoms with van der Waals surface area (Å²) in [6.45, 7) is 5.09. The van der Waals surface area contributed by atoms with Crippen LogP contribution in [0.5, 0.6) is 0 Å². The Labute approximate surface area is 142 Å². The number of thiocarbonyl (C=S) groups is 1. The molecule has 0 spiro atoms. The third-order valence-corrected chi connectivity index (χ3v) is 4.32. The lowest BCUT2D eigenvalue weighted by Gasteiger charge is -2.20. The third-order valence-electron chi connectivity index (χ3n) is 4.09. The number of nitrogens with zero attached hydrogens (tertiary/aromatic N) is 2. The summed E-state index contributed by atoms with van der Waals surface area (Å²) in [6, 6.07) is 12.9. The van der Waals surface area contributed by atoms with Gasteiger partial charge < -0.3 is 10.2 Å². The molecule has 23 heavy (non-hydrogen) atoms. The van der Waals surface area contributed by atoms with Gasteiger partial charge in [-0.2, -0.15) is 5.10 Å². The summed E-state index contributed by atoms with van der Waals surface area (Å²) in [5, 5.41) is 10.3. The van der Waals surface area contributed by atoms with E-state index in [1.54, 1.807) is 0 Å². The smallest absolute Gasteiger partial charge is 0.186 e. The van der Waals surface area contributed by atoms with Crippen LogP contribution in [0.3, 0.4) is 0 Å². The van der Waals surface area contributed by atoms with E-state index in [4.69, 9.17) is 12.2 Å². The molecule has 120 valence electrons. The van der Waals surface area contributed by atoms with E-state index < -0.39 is 0 Å². The highest BCUT2D eigenvalue weighted by molar-refractivity contribution is 7.80. The normalized spacial score (nSPS) is 14.6. The maximum atomic E-state index is 5.12. The van der Waals surface area contributed by atoms with Gasteiger partial charge in [0.25, 0.3) is 0 Å². The summed E-state index contributed by atoms with van der Waals surface area (Å²) in [4.78, 5) is 2.47. The van der Waals surface area contributed by atoms with Crippen LogP contribution in [0.4, 0.5) is 5.69 Å². The number of hydrogen-bond acceptors (Lipinski definition) is 3. The van der Waals surface area contributed by atoms with Gasteiger partial charge in [-0.1, -0.05) is 30.3 Å². The predicted octanol–water partition coefficient (Wildman–Crippen LogP) is 3.26. The number of hydrazone groups is 1. The van der Waals surface area contributed by atoms with Crippen molar-refractivity contribution < 1.29 is 0 Å². The summed E-state index contributed by atoms with van der Waals surface area (Å²) >= 11 is 5.12. The van der Waals surface area contributed by atoms with E-state index in [1.165, 1.54) is 29.3 Å². The fourth-order valence-corrected chi connectivity index (χ4v) is 3.21. The van der Waals surface area contributed by atoms with Crippen LogP contribution < -0.4 is 15.6 Å².